The van der Waals surface area contributed by atoms with E-state index < -0.39 is 0 Å². The number of hydrogen-bond donors (Lipinski definition) is 2. The summed E-state index contributed by atoms with van der Waals surface area (Å²) in [5.74, 6) is 0.0925. The molecule has 0 unspecified atom stereocenters. The number of nitrogen functional groups attached to an aromatic ring is 1. The number of halogens is 1. The Balaban J connectivity index is 1.75. The number of carbonyl (C=O) groups excluding carboxylic acids is 1. The first-order chi connectivity index (χ1) is 11.1. The minimum absolute atomic E-state index is 0.149. The molecular formula is C17H14ClN3OS. The molecule has 0 atom stereocenters. The molecule has 6 heteroatoms. The SMILES string of the molecule is Nc1nc(NCc2ccccc2)sc1C(=O)c1ccc(Cl)cc1. The Morgan fingerprint density at radius 2 is 1.83 bits per heavy atom. The molecule has 1 aromatic heterocycles. The minimum Gasteiger partial charge on any atom is -0.382 e. The molecule has 0 spiro atoms. The summed E-state index contributed by atoms with van der Waals surface area (Å²) in [4.78, 5) is 17.1. The van der Waals surface area contributed by atoms with Gasteiger partial charge in [0, 0.05) is 17.1 Å². The third kappa shape index (κ3) is 3.70. The molecule has 0 aliphatic rings. The molecule has 116 valence electrons. The van der Waals surface area contributed by atoms with Crippen LogP contribution in [-0.2, 0) is 6.54 Å². The number of nitrogens with two attached hydrogens (primary N) is 1. The zero-order chi connectivity index (χ0) is 16.2. The molecule has 0 aliphatic heterocycles. The van der Waals surface area contributed by atoms with Crippen molar-refractivity contribution in [2.75, 3.05) is 11.1 Å². The summed E-state index contributed by atoms with van der Waals surface area (Å²) in [6, 6.07) is 16.7. The van der Waals surface area contributed by atoms with Gasteiger partial charge >= 0.3 is 0 Å². The summed E-state index contributed by atoms with van der Waals surface area (Å²) in [5, 5.41) is 4.41. The summed E-state index contributed by atoms with van der Waals surface area (Å²) < 4.78 is 0. The normalized spacial score (nSPS) is 10.5. The largest absolute Gasteiger partial charge is 0.382 e. The second-order valence-corrected chi connectivity index (χ2v) is 6.34. The number of hydrogen-bond acceptors (Lipinski definition) is 5. The molecule has 0 bridgehead atoms. The van der Waals surface area contributed by atoms with Crippen molar-refractivity contribution in [2.24, 2.45) is 0 Å². The van der Waals surface area contributed by atoms with Gasteiger partial charge in [0.15, 0.2) is 5.13 Å². The van der Waals surface area contributed by atoms with Crippen molar-refractivity contribution in [1.29, 1.82) is 0 Å². The van der Waals surface area contributed by atoms with Crippen LogP contribution < -0.4 is 11.1 Å². The summed E-state index contributed by atoms with van der Waals surface area (Å²) in [5.41, 5.74) is 7.56. The van der Waals surface area contributed by atoms with Gasteiger partial charge in [-0.05, 0) is 29.8 Å². The smallest absolute Gasteiger partial charge is 0.206 e. The monoisotopic (exact) mass is 343 g/mol. The molecule has 2 aromatic carbocycles. The van der Waals surface area contributed by atoms with Crippen molar-refractivity contribution in [3.8, 4) is 0 Å². The molecule has 23 heavy (non-hydrogen) atoms. The van der Waals surface area contributed by atoms with Gasteiger partial charge in [-0.3, -0.25) is 4.79 Å². The van der Waals surface area contributed by atoms with Crippen molar-refractivity contribution >= 4 is 39.7 Å². The number of carbonyl (C=O) groups is 1. The summed E-state index contributed by atoms with van der Waals surface area (Å²) in [6.07, 6.45) is 0. The summed E-state index contributed by atoms with van der Waals surface area (Å²) >= 11 is 7.10. The molecule has 0 aliphatic carbocycles. The van der Waals surface area contributed by atoms with Gasteiger partial charge in [-0.15, -0.1) is 0 Å². The molecule has 0 radical (unpaired) electrons. The van der Waals surface area contributed by atoms with Gasteiger partial charge in [0.05, 0.1) is 0 Å². The number of anilines is 2. The summed E-state index contributed by atoms with van der Waals surface area (Å²) in [7, 11) is 0. The maximum atomic E-state index is 12.5. The van der Waals surface area contributed by atoms with Gasteiger partial charge in [0.25, 0.3) is 0 Å². The third-order valence-corrected chi connectivity index (χ3v) is 4.53. The molecule has 0 saturated carbocycles. The van der Waals surface area contributed by atoms with E-state index in [9.17, 15) is 4.79 Å². The van der Waals surface area contributed by atoms with Crippen molar-refractivity contribution in [3.63, 3.8) is 0 Å². The molecule has 3 rings (SSSR count). The Hall–Kier alpha value is -2.37. The second kappa shape index (κ2) is 6.81. The minimum atomic E-state index is -0.149. The van der Waals surface area contributed by atoms with Crippen molar-refractivity contribution in [2.45, 2.75) is 6.54 Å². The Labute approximate surface area is 142 Å². The highest BCUT2D eigenvalue weighted by molar-refractivity contribution is 7.18. The van der Waals surface area contributed by atoms with Crippen LogP contribution in [0.2, 0.25) is 5.02 Å². The Morgan fingerprint density at radius 3 is 2.52 bits per heavy atom. The molecule has 0 saturated heterocycles. The lowest BCUT2D eigenvalue weighted by atomic mass is 10.1. The van der Waals surface area contributed by atoms with Crippen molar-refractivity contribution < 1.29 is 4.79 Å². The predicted molar refractivity (Wildman–Crippen MR) is 95.2 cm³/mol. The first-order valence-corrected chi connectivity index (χ1v) is 8.17. The number of aromatic nitrogens is 1. The van der Waals surface area contributed by atoms with Crippen LogP contribution >= 0.6 is 22.9 Å². The van der Waals surface area contributed by atoms with Crippen LogP contribution in [-0.4, -0.2) is 10.8 Å². The zero-order valence-electron chi connectivity index (χ0n) is 12.1. The predicted octanol–water partition coefficient (Wildman–Crippen LogP) is 4.22. The van der Waals surface area contributed by atoms with Crippen LogP contribution in [0, 0.1) is 0 Å². The Morgan fingerprint density at radius 1 is 1.13 bits per heavy atom. The highest BCUT2D eigenvalue weighted by atomic mass is 35.5. The maximum absolute atomic E-state index is 12.5. The fraction of sp³-hybridized carbons (Fsp3) is 0.0588. The van der Waals surface area contributed by atoms with E-state index in [4.69, 9.17) is 17.3 Å². The lowest BCUT2D eigenvalue weighted by molar-refractivity contribution is 0.104. The van der Waals surface area contributed by atoms with E-state index in [2.05, 4.69) is 10.3 Å². The van der Waals surface area contributed by atoms with E-state index >= 15 is 0 Å². The second-order valence-electron chi connectivity index (χ2n) is 4.91. The first-order valence-electron chi connectivity index (χ1n) is 6.98. The number of benzene rings is 2. The van der Waals surface area contributed by atoms with Crippen LogP contribution in [0.15, 0.2) is 54.6 Å². The van der Waals surface area contributed by atoms with Crippen LogP contribution in [0.1, 0.15) is 20.8 Å². The molecule has 0 fully saturated rings. The number of nitrogens with zero attached hydrogens (tertiary/aromatic N) is 1. The van der Waals surface area contributed by atoms with Gasteiger partial charge in [0.2, 0.25) is 5.78 Å². The van der Waals surface area contributed by atoms with E-state index in [1.807, 2.05) is 30.3 Å². The fourth-order valence-electron chi connectivity index (χ4n) is 2.08. The quantitative estimate of drug-likeness (QED) is 0.680. The van der Waals surface area contributed by atoms with Crippen LogP contribution in [0.3, 0.4) is 0 Å². The molecule has 4 nitrogen and oxygen atoms in total. The van der Waals surface area contributed by atoms with E-state index in [-0.39, 0.29) is 11.6 Å². The van der Waals surface area contributed by atoms with Gasteiger partial charge in [0.1, 0.15) is 10.7 Å². The van der Waals surface area contributed by atoms with Crippen LogP contribution in [0.5, 0.6) is 0 Å². The van der Waals surface area contributed by atoms with E-state index in [0.29, 0.717) is 27.1 Å². The average Bonchev–Trinajstić information content (AvgIpc) is 2.95. The molecule has 0 amide bonds. The Bertz CT molecular complexity index is 816. The highest BCUT2D eigenvalue weighted by Crippen LogP contribution is 2.28. The third-order valence-electron chi connectivity index (χ3n) is 3.25. The van der Waals surface area contributed by atoms with Gasteiger partial charge in [-0.1, -0.05) is 53.3 Å². The van der Waals surface area contributed by atoms with Crippen LogP contribution in [0.4, 0.5) is 10.9 Å². The Kier molecular flexibility index (Phi) is 4.60. The number of thiazole rings is 1. The van der Waals surface area contributed by atoms with Crippen LogP contribution in [0.25, 0.3) is 0 Å². The van der Waals surface area contributed by atoms with Gasteiger partial charge in [-0.2, -0.15) is 0 Å². The molecule has 3 aromatic rings. The first kappa shape index (κ1) is 15.5. The number of nitrogens with one attached hydrogen (secondary N) is 1. The average molecular weight is 344 g/mol. The highest BCUT2D eigenvalue weighted by Gasteiger charge is 2.17. The molecule has 3 N–H and O–H groups in total. The van der Waals surface area contributed by atoms with Gasteiger partial charge < -0.3 is 11.1 Å². The van der Waals surface area contributed by atoms with E-state index in [1.165, 1.54) is 11.3 Å². The zero-order valence-corrected chi connectivity index (χ0v) is 13.7. The summed E-state index contributed by atoms with van der Waals surface area (Å²) in [6.45, 7) is 0.627. The lowest BCUT2D eigenvalue weighted by Crippen LogP contribution is -2.02. The number of ketones is 1. The van der Waals surface area contributed by atoms with Gasteiger partial charge in [-0.25, -0.2) is 4.98 Å². The van der Waals surface area contributed by atoms with Crippen molar-refractivity contribution in [1.82, 2.24) is 4.98 Å². The van der Waals surface area contributed by atoms with E-state index in [1.54, 1.807) is 24.3 Å². The van der Waals surface area contributed by atoms with Crippen molar-refractivity contribution in [3.05, 3.63) is 75.6 Å². The lowest BCUT2D eigenvalue weighted by Gasteiger charge is -2.01. The standard InChI is InChI=1S/C17H14ClN3OS/c18-13-8-6-12(7-9-13)14(22)15-16(19)21-17(23-15)20-10-11-4-2-1-3-5-11/h1-9H,10,19H2,(H,20,21). The topological polar surface area (TPSA) is 68.0 Å². The molecular weight excluding hydrogens is 330 g/mol. The van der Waals surface area contributed by atoms with E-state index in [0.717, 1.165) is 5.56 Å². The number of rotatable bonds is 5. The molecule has 1 heterocycles. The maximum Gasteiger partial charge on any atom is 0.206 e. The fourth-order valence-corrected chi connectivity index (χ4v) is 3.04.